The van der Waals surface area contributed by atoms with Crippen molar-refractivity contribution in [3.8, 4) is 11.8 Å². The van der Waals surface area contributed by atoms with Crippen LogP contribution in [0.5, 0.6) is 11.8 Å². The van der Waals surface area contributed by atoms with E-state index in [0.717, 1.165) is 10.9 Å². The standard InChI is InChI=1S/C15H13NO2/c17-14-7-8-15(18)16(14)10-11-5-6-12-3-1-2-4-13(12)9-11/h1-9,17-18H,10H2. The zero-order valence-electron chi connectivity index (χ0n) is 9.74. The second-order valence-electron chi connectivity index (χ2n) is 4.32. The minimum Gasteiger partial charge on any atom is -0.494 e. The Morgan fingerprint density at radius 2 is 1.44 bits per heavy atom. The van der Waals surface area contributed by atoms with Crippen LogP contribution in [-0.4, -0.2) is 14.8 Å². The fourth-order valence-corrected chi connectivity index (χ4v) is 2.13. The fraction of sp³-hybridized carbons (Fsp3) is 0.0667. The minimum atomic E-state index is 0.0701. The fourth-order valence-electron chi connectivity index (χ4n) is 2.13. The Bertz CT molecular complexity index is 681. The van der Waals surface area contributed by atoms with Crippen molar-refractivity contribution in [1.29, 1.82) is 0 Å². The van der Waals surface area contributed by atoms with Crippen LogP contribution < -0.4 is 0 Å². The van der Waals surface area contributed by atoms with Crippen molar-refractivity contribution >= 4 is 10.8 Å². The highest BCUT2D eigenvalue weighted by molar-refractivity contribution is 5.82. The van der Waals surface area contributed by atoms with Crippen LogP contribution in [0.1, 0.15) is 5.56 Å². The smallest absolute Gasteiger partial charge is 0.194 e. The Hall–Kier alpha value is -2.42. The molecule has 90 valence electrons. The molecule has 3 nitrogen and oxygen atoms in total. The van der Waals surface area contributed by atoms with E-state index >= 15 is 0 Å². The van der Waals surface area contributed by atoms with Gasteiger partial charge in [-0.1, -0.05) is 36.4 Å². The third-order valence-corrected chi connectivity index (χ3v) is 3.09. The maximum Gasteiger partial charge on any atom is 0.194 e. The van der Waals surface area contributed by atoms with E-state index in [1.165, 1.54) is 22.1 Å². The Morgan fingerprint density at radius 1 is 0.778 bits per heavy atom. The third-order valence-electron chi connectivity index (χ3n) is 3.09. The first-order valence-electron chi connectivity index (χ1n) is 5.79. The van der Waals surface area contributed by atoms with Crippen LogP contribution in [0.2, 0.25) is 0 Å². The van der Waals surface area contributed by atoms with E-state index in [2.05, 4.69) is 12.1 Å². The van der Waals surface area contributed by atoms with Gasteiger partial charge in [0, 0.05) is 12.1 Å². The zero-order chi connectivity index (χ0) is 12.5. The molecule has 0 spiro atoms. The molecule has 18 heavy (non-hydrogen) atoms. The summed E-state index contributed by atoms with van der Waals surface area (Å²) in [6, 6.07) is 17.2. The zero-order valence-corrected chi connectivity index (χ0v) is 9.74. The molecule has 3 heteroatoms. The molecule has 2 N–H and O–H groups in total. The van der Waals surface area contributed by atoms with Crippen molar-refractivity contribution in [1.82, 2.24) is 4.57 Å². The first-order valence-corrected chi connectivity index (χ1v) is 5.79. The lowest BCUT2D eigenvalue weighted by Crippen LogP contribution is -1.98. The van der Waals surface area contributed by atoms with Gasteiger partial charge >= 0.3 is 0 Å². The summed E-state index contributed by atoms with van der Waals surface area (Å²) in [6.45, 7) is 0.454. The molecule has 0 aliphatic heterocycles. The van der Waals surface area contributed by atoms with Crippen LogP contribution >= 0.6 is 0 Å². The van der Waals surface area contributed by atoms with E-state index in [0.29, 0.717) is 6.54 Å². The van der Waals surface area contributed by atoms with Crippen molar-refractivity contribution < 1.29 is 10.2 Å². The summed E-state index contributed by atoms with van der Waals surface area (Å²) in [5.41, 5.74) is 1.04. The highest BCUT2D eigenvalue weighted by Gasteiger charge is 2.06. The summed E-state index contributed by atoms with van der Waals surface area (Å²) in [7, 11) is 0. The van der Waals surface area contributed by atoms with Crippen LogP contribution in [-0.2, 0) is 6.54 Å². The third kappa shape index (κ3) is 1.80. The van der Waals surface area contributed by atoms with E-state index in [1.807, 2.05) is 30.3 Å². The molecule has 0 bridgehead atoms. The lowest BCUT2D eigenvalue weighted by atomic mass is 10.1. The van der Waals surface area contributed by atoms with Gasteiger partial charge in [0.15, 0.2) is 11.8 Å². The number of nitrogens with zero attached hydrogens (tertiary/aromatic N) is 1. The summed E-state index contributed by atoms with van der Waals surface area (Å²) in [6.07, 6.45) is 0. The van der Waals surface area contributed by atoms with Gasteiger partial charge < -0.3 is 10.2 Å². The Morgan fingerprint density at radius 3 is 2.17 bits per heavy atom. The van der Waals surface area contributed by atoms with E-state index in [9.17, 15) is 10.2 Å². The summed E-state index contributed by atoms with van der Waals surface area (Å²) in [5, 5.41) is 21.6. The molecule has 0 unspecified atom stereocenters. The van der Waals surface area contributed by atoms with Gasteiger partial charge in [-0.05, 0) is 22.4 Å². The first-order chi connectivity index (χ1) is 8.74. The van der Waals surface area contributed by atoms with Crippen molar-refractivity contribution in [2.75, 3.05) is 0 Å². The van der Waals surface area contributed by atoms with Gasteiger partial charge in [-0.25, -0.2) is 0 Å². The van der Waals surface area contributed by atoms with Crippen molar-refractivity contribution in [2.45, 2.75) is 6.54 Å². The van der Waals surface area contributed by atoms with Crippen LogP contribution in [0.3, 0.4) is 0 Å². The predicted octanol–water partition coefficient (Wildman–Crippen LogP) is 3.10. The number of benzene rings is 2. The van der Waals surface area contributed by atoms with Crippen LogP contribution in [0.4, 0.5) is 0 Å². The SMILES string of the molecule is Oc1ccc(O)n1Cc1ccc2ccccc2c1. The lowest BCUT2D eigenvalue weighted by Gasteiger charge is -2.08. The average Bonchev–Trinajstić information content (AvgIpc) is 2.70. The summed E-state index contributed by atoms with van der Waals surface area (Å²) < 4.78 is 1.46. The van der Waals surface area contributed by atoms with Gasteiger partial charge in [0.1, 0.15) is 0 Å². The maximum atomic E-state index is 9.61. The lowest BCUT2D eigenvalue weighted by molar-refractivity contribution is 0.377. The van der Waals surface area contributed by atoms with E-state index in [4.69, 9.17) is 0 Å². The van der Waals surface area contributed by atoms with E-state index in [1.54, 1.807) is 0 Å². The molecule has 0 radical (unpaired) electrons. The number of fused-ring (bicyclic) bond motifs is 1. The molecule has 2 aromatic carbocycles. The number of hydrogen-bond acceptors (Lipinski definition) is 2. The second kappa shape index (κ2) is 4.11. The summed E-state index contributed by atoms with van der Waals surface area (Å²) in [4.78, 5) is 0. The topological polar surface area (TPSA) is 45.4 Å². The number of aromatic hydroxyl groups is 2. The molecule has 0 fully saturated rings. The van der Waals surface area contributed by atoms with E-state index < -0.39 is 0 Å². The molecule has 0 aliphatic rings. The van der Waals surface area contributed by atoms with Crippen LogP contribution in [0, 0.1) is 0 Å². The number of rotatable bonds is 2. The van der Waals surface area contributed by atoms with Crippen molar-refractivity contribution in [3.63, 3.8) is 0 Å². The minimum absolute atomic E-state index is 0.0701. The van der Waals surface area contributed by atoms with Gasteiger partial charge in [-0.15, -0.1) is 0 Å². The van der Waals surface area contributed by atoms with Crippen molar-refractivity contribution in [2.24, 2.45) is 0 Å². The molecular weight excluding hydrogens is 226 g/mol. The molecule has 1 aromatic heterocycles. The average molecular weight is 239 g/mol. The molecule has 0 saturated heterocycles. The van der Waals surface area contributed by atoms with Crippen LogP contribution in [0.25, 0.3) is 10.8 Å². The Labute approximate surface area is 105 Å². The maximum absolute atomic E-state index is 9.61. The largest absolute Gasteiger partial charge is 0.494 e. The number of hydrogen-bond donors (Lipinski definition) is 2. The molecule has 0 atom stereocenters. The first kappa shape index (κ1) is 10.7. The molecular formula is C15H13NO2. The van der Waals surface area contributed by atoms with Gasteiger partial charge in [0.25, 0.3) is 0 Å². The second-order valence-corrected chi connectivity index (χ2v) is 4.32. The predicted molar refractivity (Wildman–Crippen MR) is 70.8 cm³/mol. The van der Waals surface area contributed by atoms with Gasteiger partial charge in [0.05, 0.1) is 6.54 Å². The molecule has 0 saturated carbocycles. The molecule has 3 aromatic rings. The summed E-state index contributed by atoms with van der Waals surface area (Å²) >= 11 is 0. The highest BCUT2D eigenvalue weighted by Crippen LogP contribution is 2.24. The van der Waals surface area contributed by atoms with Gasteiger partial charge in [-0.3, -0.25) is 4.57 Å². The monoisotopic (exact) mass is 239 g/mol. The van der Waals surface area contributed by atoms with Gasteiger partial charge in [0.2, 0.25) is 0 Å². The van der Waals surface area contributed by atoms with Crippen molar-refractivity contribution in [3.05, 3.63) is 60.2 Å². The summed E-state index contributed by atoms with van der Waals surface area (Å²) in [5.74, 6) is 0.140. The molecule has 1 heterocycles. The Kier molecular flexibility index (Phi) is 2.45. The quantitative estimate of drug-likeness (QED) is 0.721. The van der Waals surface area contributed by atoms with Gasteiger partial charge in [-0.2, -0.15) is 0 Å². The number of aromatic nitrogens is 1. The Balaban J connectivity index is 2.00. The van der Waals surface area contributed by atoms with Crippen LogP contribution in [0.15, 0.2) is 54.6 Å². The normalized spacial score (nSPS) is 10.9. The molecule has 0 aliphatic carbocycles. The highest BCUT2D eigenvalue weighted by atomic mass is 16.3. The molecule has 3 rings (SSSR count). The van der Waals surface area contributed by atoms with E-state index in [-0.39, 0.29) is 11.8 Å². The molecule has 0 amide bonds.